The van der Waals surface area contributed by atoms with Gasteiger partial charge in [0.05, 0.1) is 0 Å². The van der Waals surface area contributed by atoms with E-state index >= 15 is 0 Å². The molecule has 4 aromatic rings. The molecule has 0 fully saturated rings. The smallest absolute Gasteiger partial charge is 0.255 e. The Bertz CT molecular complexity index is 1270. The molecule has 0 unspecified atom stereocenters. The molecule has 4 rings (SSSR count). The van der Waals surface area contributed by atoms with Crippen LogP contribution in [-0.2, 0) is 11.2 Å². The summed E-state index contributed by atoms with van der Waals surface area (Å²) < 4.78 is 21.4. The molecular weight excluding hydrogens is 395 g/mol. The molecule has 158 valence electrons. The number of primary amides is 1. The van der Waals surface area contributed by atoms with Crippen LogP contribution in [0.15, 0.2) is 60.8 Å². The third-order valence-electron chi connectivity index (χ3n) is 5.08. The molecule has 3 N–H and O–H groups in total. The number of aromatic nitrogens is 2. The van der Waals surface area contributed by atoms with Crippen LogP contribution in [0.4, 0.5) is 15.9 Å². The zero-order valence-corrected chi connectivity index (χ0v) is 17.4. The van der Waals surface area contributed by atoms with E-state index in [1.807, 2.05) is 31.2 Å². The fraction of sp³-hybridized carbons (Fsp3) is 0.167. The van der Waals surface area contributed by atoms with Gasteiger partial charge < -0.3 is 15.8 Å². The SMILES string of the molecule is CCc1cccc(C)c1Nc1c(-c2ccccc2OCC(N)=O)nc2ccc(F)cn12. The molecule has 0 saturated heterocycles. The zero-order valence-electron chi connectivity index (χ0n) is 17.4. The summed E-state index contributed by atoms with van der Waals surface area (Å²) in [5, 5.41) is 3.49. The van der Waals surface area contributed by atoms with Crippen molar-refractivity contribution in [1.82, 2.24) is 9.38 Å². The number of rotatable bonds is 7. The van der Waals surface area contributed by atoms with Crippen LogP contribution in [0.1, 0.15) is 18.1 Å². The van der Waals surface area contributed by atoms with Gasteiger partial charge in [-0.2, -0.15) is 0 Å². The molecule has 0 aliphatic carbocycles. The number of nitrogens with zero attached hydrogens (tertiary/aromatic N) is 2. The minimum atomic E-state index is -0.572. The minimum Gasteiger partial charge on any atom is -0.483 e. The highest BCUT2D eigenvalue weighted by Gasteiger charge is 2.20. The summed E-state index contributed by atoms with van der Waals surface area (Å²) in [6.07, 6.45) is 2.23. The van der Waals surface area contributed by atoms with Crippen LogP contribution in [0.3, 0.4) is 0 Å². The summed E-state index contributed by atoms with van der Waals surface area (Å²) >= 11 is 0. The molecule has 6 nitrogen and oxygen atoms in total. The number of nitrogens with two attached hydrogens (primary N) is 1. The fourth-order valence-corrected chi connectivity index (χ4v) is 3.58. The summed E-state index contributed by atoms with van der Waals surface area (Å²) in [6, 6.07) is 16.3. The Labute approximate surface area is 179 Å². The highest BCUT2D eigenvalue weighted by Crippen LogP contribution is 2.38. The Morgan fingerprint density at radius 3 is 2.74 bits per heavy atom. The number of nitrogens with one attached hydrogen (secondary N) is 1. The van der Waals surface area contributed by atoms with Crippen molar-refractivity contribution in [3.63, 3.8) is 0 Å². The van der Waals surface area contributed by atoms with Crippen molar-refractivity contribution >= 4 is 23.1 Å². The molecule has 0 aliphatic heterocycles. The van der Waals surface area contributed by atoms with Crippen molar-refractivity contribution in [3.05, 3.63) is 77.7 Å². The second kappa shape index (κ2) is 8.47. The van der Waals surface area contributed by atoms with Gasteiger partial charge in [-0.05, 0) is 48.7 Å². The predicted molar refractivity (Wildman–Crippen MR) is 119 cm³/mol. The standard InChI is InChI=1S/C24H23FN4O2/c1-3-16-8-6-7-15(2)22(16)28-24-23(27-21-12-11-17(25)13-29(21)24)18-9-4-5-10-19(18)31-14-20(26)30/h4-13,28H,3,14H2,1-2H3,(H2,26,30). The van der Waals surface area contributed by atoms with Crippen LogP contribution in [-0.4, -0.2) is 21.9 Å². The lowest BCUT2D eigenvalue weighted by Gasteiger charge is -2.16. The molecule has 1 amide bonds. The first-order valence-corrected chi connectivity index (χ1v) is 10.0. The number of carbonyl (C=O) groups excluding carboxylic acids is 1. The molecular formula is C24H23FN4O2. The maximum atomic E-state index is 14.1. The number of hydrogen-bond donors (Lipinski definition) is 2. The Morgan fingerprint density at radius 1 is 1.16 bits per heavy atom. The lowest BCUT2D eigenvalue weighted by Crippen LogP contribution is -2.20. The number of aryl methyl sites for hydroxylation is 2. The molecule has 2 aromatic carbocycles. The van der Waals surface area contributed by atoms with Crippen molar-refractivity contribution < 1.29 is 13.9 Å². The van der Waals surface area contributed by atoms with Gasteiger partial charge in [-0.1, -0.05) is 37.3 Å². The van der Waals surface area contributed by atoms with Crippen LogP contribution < -0.4 is 15.8 Å². The van der Waals surface area contributed by atoms with E-state index in [0.717, 1.165) is 23.2 Å². The molecule has 2 aromatic heterocycles. The van der Waals surface area contributed by atoms with Crippen LogP contribution >= 0.6 is 0 Å². The molecule has 0 atom stereocenters. The molecule has 0 spiro atoms. The van der Waals surface area contributed by atoms with Crippen LogP contribution in [0.5, 0.6) is 5.75 Å². The number of pyridine rings is 1. The van der Waals surface area contributed by atoms with Crippen molar-refractivity contribution in [1.29, 1.82) is 0 Å². The molecule has 0 bridgehead atoms. The van der Waals surface area contributed by atoms with Gasteiger partial charge in [0.25, 0.3) is 5.91 Å². The lowest BCUT2D eigenvalue weighted by atomic mass is 10.1. The summed E-state index contributed by atoms with van der Waals surface area (Å²) in [7, 11) is 0. The minimum absolute atomic E-state index is 0.250. The Balaban J connectivity index is 1.92. The van der Waals surface area contributed by atoms with Gasteiger partial charge in [-0.3, -0.25) is 9.20 Å². The number of hydrogen-bond acceptors (Lipinski definition) is 4. The average Bonchev–Trinajstić information content (AvgIpc) is 3.11. The summed E-state index contributed by atoms with van der Waals surface area (Å²) in [6.45, 7) is 3.86. The van der Waals surface area contributed by atoms with Gasteiger partial charge in [0, 0.05) is 17.4 Å². The fourth-order valence-electron chi connectivity index (χ4n) is 3.58. The van der Waals surface area contributed by atoms with Gasteiger partial charge in [-0.15, -0.1) is 0 Å². The van der Waals surface area contributed by atoms with Crippen LogP contribution in [0.2, 0.25) is 0 Å². The average molecular weight is 418 g/mol. The van der Waals surface area contributed by atoms with Crippen molar-refractivity contribution in [2.75, 3.05) is 11.9 Å². The number of ether oxygens (including phenoxy) is 1. The van der Waals surface area contributed by atoms with Gasteiger partial charge in [-0.25, -0.2) is 9.37 Å². The van der Waals surface area contributed by atoms with Gasteiger partial charge >= 0.3 is 0 Å². The van der Waals surface area contributed by atoms with E-state index in [4.69, 9.17) is 15.5 Å². The monoisotopic (exact) mass is 418 g/mol. The number of imidazole rings is 1. The number of fused-ring (bicyclic) bond motifs is 1. The van der Waals surface area contributed by atoms with E-state index in [2.05, 4.69) is 18.3 Å². The first-order valence-electron chi connectivity index (χ1n) is 10.0. The Morgan fingerprint density at radius 2 is 1.97 bits per heavy atom. The highest BCUT2D eigenvalue weighted by atomic mass is 19.1. The maximum absolute atomic E-state index is 14.1. The lowest BCUT2D eigenvalue weighted by molar-refractivity contribution is -0.119. The summed E-state index contributed by atoms with van der Waals surface area (Å²) in [4.78, 5) is 16.0. The van der Waals surface area contributed by atoms with Crippen LogP contribution in [0.25, 0.3) is 16.9 Å². The summed E-state index contributed by atoms with van der Waals surface area (Å²) in [5.74, 6) is 0.123. The first-order chi connectivity index (χ1) is 15.0. The second-order valence-electron chi connectivity index (χ2n) is 7.22. The van der Waals surface area contributed by atoms with Gasteiger partial charge in [0.2, 0.25) is 0 Å². The number of para-hydroxylation sites is 2. The highest BCUT2D eigenvalue weighted by molar-refractivity contribution is 5.84. The first kappa shape index (κ1) is 20.4. The van der Waals surface area contributed by atoms with Crippen molar-refractivity contribution in [2.24, 2.45) is 5.73 Å². The van der Waals surface area contributed by atoms with Gasteiger partial charge in [0.1, 0.15) is 28.7 Å². The molecule has 0 saturated carbocycles. The predicted octanol–water partition coefficient (Wildman–Crippen LogP) is 4.62. The van der Waals surface area contributed by atoms with E-state index in [9.17, 15) is 9.18 Å². The van der Waals surface area contributed by atoms with E-state index in [-0.39, 0.29) is 12.4 Å². The number of benzene rings is 2. The molecule has 0 radical (unpaired) electrons. The Hall–Kier alpha value is -3.87. The Kier molecular flexibility index (Phi) is 5.58. The maximum Gasteiger partial charge on any atom is 0.255 e. The van der Waals surface area contributed by atoms with Crippen molar-refractivity contribution in [3.8, 4) is 17.0 Å². The number of amides is 1. The summed E-state index contributed by atoms with van der Waals surface area (Å²) in [5.41, 5.74) is 10.2. The topological polar surface area (TPSA) is 81.6 Å². The third kappa shape index (κ3) is 4.07. The molecule has 0 aliphatic rings. The molecule has 2 heterocycles. The van der Waals surface area contributed by atoms with E-state index in [1.165, 1.54) is 12.3 Å². The zero-order chi connectivity index (χ0) is 22.0. The third-order valence-corrected chi connectivity index (χ3v) is 5.08. The van der Waals surface area contributed by atoms with Crippen LogP contribution in [0, 0.1) is 12.7 Å². The van der Waals surface area contributed by atoms with E-state index < -0.39 is 5.91 Å². The van der Waals surface area contributed by atoms with Gasteiger partial charge in [0.15, 0.2) is 6.61 Å². The largest absolute Gasteiger partial charge is 0.483 e. The second-order valence-corrected chi connectivity index (χ2v) is 7.22. The quantitative estimate of drug-likeness (QED) is 0.459. The molecule has 31 heavy (non-hydrogen) atoms. The normalized spacial score (nSPS) is 10.9. The van der Waals surface area contributed by atoms with Crippen molar-refractivity contribution in [2.45, 2.75) is 20.3 Å². The van der Waals surface area contributed by atoms with E-state index in [1.54, 1.807) is 22.6 Å². The van der Waals surface area contributed by atoms with E-state index in [0.29, 0.717) is 28.5 Å². The number of halogens is 1. The number of carbonyl (C=O) groups is 1. The molecule has 7 heteroatoms. The number of anilines is 2.